The Morgan fingerprint density at radius 1 is 1.18 bits per heavy atom. The molecule has 0 aliphatic carbocycles. The lowest BCUT2D eigenvalue weighted by Crippen LogP contribution is -2.45. The topological polar surface area (TPSA) is 52.7 Å². The van der Waals surface area contributed by atoms with E-state index < -0.39 is 0 Å². The molecule has 5 nitrogen and oxygen atoms in total. The summed E-state index contributed by atoms with van der Waals surface area (Å²) in [7, 11) is 0. The van der Waals surface area contributed by atoms with Crippen LogP contribution in [0.4, 0.5) is 11.4 Å². The van der Waals surface area contributed by atoms with Crippen LogP contribution in [0.3, 0.4) is 0 Å². The lowest BCUT2D eigenvalue weighted by molar-refractivity contribution is -0.123. The third kappa shape index (κ3) is 5.06. The lowest BCUT2D eigenvalue weighted by Gasteiger charge is -2.36. The summed E-state index contributed by atoms with van der Waals surface area (Å²) < 4.78 is 0. The van der Waals surface area contributed by atoms with Gasteiger partial charge in [0.05, 0.1) is 0 Å². The second kappa shape index (κ2) is 8.14. The molecule has 0 bridgehead atoms. The largest absolute Gasteiger partial charge is 0.371 e. The SMILES string of the molecule is CC(=O)N1CC(C)Cc2cc(N3CCC(NC(=O)CC(C)(C)C)CC3)ccc21. The summed E-state index contributed by atoms with van der Waals surface area (Å²) in [4.78, 5) is 28.5. The first-order valence-corrected chi connectivity index (χ1v) is 10.6. The van der Waals surface area contributed by atoms with Gasteiger partial charge in [-0.25, -0.2) is 0 Å². The number of nitrogens with one attached hydrogen (secondary N) is 1. The highest BCUT2D eigenvalue weighted by Gasteiger charge is 2.27. The lowest BCUT2D eigenvalue weighted by atomic mass is 9.91. The van der Waals surface area contributed by atoms with Gasteiger partial charge >= 0.3 is 0 Å². The van der Waals surface area contributed by atoms with Crippen molar-refractivity contribution in [2.75, 3.05) is 29.4 Å². The molecule has 0 radical (unpaired) electrons. The fourth-order valence-corrected chi connectivity index (χ4v) is 4.39. The van der Waals surface area contributed by atoms with Crippen molar-refractivity contribution in [2.24, 2.45) is 11.3 Å². The third-order valence-electron chi connectivity index (χ3n) is 5.71. The molecule has 1 aromatic rings. The standard InChI is InChI=1S/C23H35N3O2/c1-16-12-18-13-20(6-7-21(18)26(15-16)17(2)27)25-10-8-19(9-11-25)24-22(28)14-23(3,4)5/h6-7,13,16,19H,8-12,14-15H2,1-5H3,(H,24,28). The van der Waals surface area contributed by atoms with Crippen molar-refractivity contribution in [3.05, 3.63) is 23.8 Å². The Balaban J connectivity index is 1.61. The average molecular weight is 386 g/mol. The number of nitrogens with zero attached hydrogens (tertiary/aromatic N) is 2. The van der Waals surface area contributed by atoms with Crippen LogP contribution in [-0.4, -0.2) is 37.5 Å². The number of piperidine rings is 1. The maximum Gasteiger partial charge on any atom is 0.223 e. The number of benzene rings is 1. The molecule has 1 unspecified atom stereocenters. The van der Waals surface area contributed by atoms with Crippen LogP contribution >= 0.6 is 0 Å². The Morgan fingerprint density at radius 3 is 2.46 bits per heavy atom. The second-order valence-corrected chi connectivity index (χ2v) is 9.82. The molecule has 5 heteroatoms. The molecule has 0 aromatic heterocycles. The van der Waals surface area contributed by atoms with Gasteiger partial charge in [0.15, 0.2) is 0 Å². The Labute approximate surface area is 169 Å². The minimum atomic E-state index is 0.0266. The Morgan fingerprint density at radius 2 is 1.86 bits per heavy atom. The van der Waals surface area contributed by atoms with Crippen LogP contribution in [0.25, 0.3) is 0 Å². The zero-order valence-electron chi connectivity index (χ0n) is 18.0. The summed E-state index contributed by atoms with van der Waals surface area (Å²) in [6.45, 7) is 12.8. The smallest absolute Gasteiger partial charge is 0.223 e. The summed E-state index contributed by atoms with van der Waals surface area (Å²) >= 11 is 0. The van der Waals surface area contributed by atoms with E-state index >= 15 is 0 Å². The van der Waals surface area contributed by atoms with E-state index in [-0.39, 0.29) is 23.3 Å². The first kappa shape index (κ1) is 20.7. The van der Waals surface area contributed by atoms with E-state index in [1.54, 1.807) is 6.92 Å². The van der Waals surface area contributed by atoms with Gasteiger partial charge in [0.25, 0.3) is 0 Å². The van der Waals surface area contributed by atoms with Gasteiger partial charge in [-0.05, 0) is 54.4 Å². The molecule has 1 aromatic carbocycles. The van der Waals surface area contributed by atoms with Gasteiger partial charge in [0.2, 0.25) is 11.8 Å². The monoisotopic (exact) mass is 385 g/mol. The first-order valence-electron chi connectivity index (χ1n) is 10.6. The summed E-state index contributed by atoms with van der Waals surface area (Å²) in [5, 5.41) is 3.21. The molecule has 0 saturated carbocycles. The zero-order valence-corrected chi connectivity index (χ0v) is 18.0. The molecule has 0 spiro atoms. The van der Waals surface area contributed by atoms with Crippen LogP contribution < -0.4 is 15.1 Å². The predicted molar refractivity (Wildman–Crippen MR) is 115 cm³/mol. The van der Waals surface area contributed by atoms with Gasteiger partial charge < -0.3 is 15.1 Å². The van der Waals surface area contributed by atoms with E-state index in [1.807, 2.05) is 4.90 Å². The van der Waals surface area contributed by atoms with Crippen LogP contribution in [0.5, 0.6) is 0 Å². The van der Waals surface area contributed by atoms with Crippen molar-refractivity contribution in [3.8, 4) is 0 Å². The van der Waals surface area contributed by atoms with Crippen molar-refractivity contribution >= 4 is 23.2 Å². The van der Waals surface area contributed by atoms with Crippen molar-refractivity contribution in [1.29, 1.82) is 0 Å². The van der Waals surface area contributed by atoms with Gasteiger partial charge in [-0.15, -0.1) is 0 Å². The summed E-state index contributed by atoms with van der Waals surface area (Å²) in [5.41, 5.74) is 3.60. The number of rotatable bonds is 3. The van der Waals surface area contributed by atoms with Crippen molar-refractivity contribution in [1.82, 2.24) is 5.32 Å². The quantitative estimate of drug-likeness (QED) is 0.862. The second-order valence-electron chi connectivity index (χ2n) is 9.82. The molecule has 2 heterocycles. The highest BCUT2D eigenvalue weighted by atomic mass is 16.2. The number of hydrogen-bond donors (Lipinski definition) is 1. The summed E-state index contributed by atoms with van der Waals surface area (Å²) in [6.07, 6.45) is 3.54. The molecule has 1 atom stereocenters. The minimum Gasteiger partial charge on any atom is -0.371 e. The molecule has 28 heavy (non-hydrogen) atoms. The molecule has 2 amide bonds. The molecule has 3 rings (SSSR count). The van der Waals surface area contributed by atoms with Crippen molar-refractivity contribution in [2.45, 2.75) is 66.3 Å². The van der Waals surface area contributed by atoms with Crippen LogP contribution in [0.15, 0.2) is 18.2 Å². The molecular formula is C23H35N3O2. The molecule has 154 valence electrons. The summed E-state index contributed by atoms with van der Waals surface area (Å²) in [6, 6.07) is 6.79. The average Bonchev–Trinajstić information content (AvgIpc) is 2.59. The molecule has 2 aliphatic heterocycles. The number of anilines is 2. The maximum absolute atomic E-state index is 12.2. The van der Waals surface area contributed by atoms with Gasteiger partial charge in [0.1, 0.15) is 0 Å². The number of carbonyl (C=O) groups is 2. The first-order chi connectivity index (χ1) is 13.1. The fraction of sp³-hybridized carbons (Fsp3) is 0.652. The van der Waals surface area contributed by atoms with E-state index in [4.69, 9.17) is 0 Å². The molecule has 1 N–H and O–H groups in total. The fourth-order valence-electron chi connectivity index (χ4n) is 4.39. The highest BCUT2D eigenvalue weighted by Crippen LogP contribution is 2.33. The normalized spacial score (nSPS) is 20.7. The Hall–Kier alpha value is -2.04. The molecule has 2 aliphatic rings. The van der Waals surface area contributed by atoms with E-state index in [2.05, 4.69) is 56.1 Å². The maximum atomic E-state index is 12.2. The van der Waals surface area contributed by atoms with E-state index in [1.165, 1.54) is 11.3 Å². The minimum absolute atomic E-state index is 0.0266. The van der Waals surface area contributed by atoms with Gasteiger partial charge in [-0.2, -0.15) is 0 Å². The van der Waals surface area contributed by atoms with E-state index in [0.29, 0.717) is 12.3 Å². The number of carbonyl (C=O) groups excluding carboxylic acids is 2. The van der Waals surface area contributed by atoms with Crippen molar-refractivity contribution in [3.63, 3.8) is 0 Å². The Bertz CT molecular complexity index is 730. The van der Waals surface area contributed by atoms with Crippen LogP contribution in [0, 0.1) is 11.3 Å². The van der Waals surface area contributed by atoms with Crippen LogP contribution in [0.2, 0.25) is 0 Å². The number of fused-ring (bicyclic) bond motifs is 1. The highest BCUT2D eigenvalue weighted by molar-refractivity contribution is 5.93. The van der Waals surface area contributed by atoms with Crippen LogP contribution in [0.1, 0.15) is 59.4 Å². The van der Waals surface area contributed by atoms with Gasteiger partial charge in [0, 0.05) is 50.4 Å². The van der Waals surface area contributed by atoms with E-state index in [9.17, 15) is 9.59 Å². The summed E-state index contributed by atoms with van der Waals surface area (Å²) in [5.74, 6) is 0.765. The third-order valence-corrected chi connectivity index (χ3v) is 5.71. The molecular weight excluding hydrogens is 350 g/mol. The van der Waals surface area contributed by atoms with Gasteiger partial charge in [-0.3, -0.25) is 9.59 Å². The number of hydrogen-bond acceptors (Lipinski definition) is 3. The number of amides is 2. The zero-order chi connectivity index (χ0) is 20.5. The Kier molecular flexibility index (Phi) is 6.01. The van der Waals surface area contributed by atoms with Gasteiger partial charge in [-0.1, -0.05) is 27.7 Å². The van der Waals surface area contributed by atoms with Crippen molar-refractivity contribution < 1.29 is 9.59 Å². The van der Waals surface area contributed by atoms with E-state index in [0.717, 1.165) is 44.6 Å². The predicted octanol–water partition coefficient (Wildman–Crippen LogP) is 3.75. The van der Waals surface area contributed by atoms with Crippen LogP contribution in [-0.2, 0) is 16.0 Å². The molecule has 1 saturated heterocycles. The molecule has 1 fully saturated rings.